The average Bonchev–Trinajstić information content (AvgIpc) is 3.42. The highest BCUT2D eigenvalue weighted by Gasteiger charge is 2.27. The molecule has 0 radical (unpaired) electrons. The molecule has 5 aromatic rings. The minimum Gasteiger partial charge on any atom is -0.306 e. The summed E-state index contributed by atoms with van der Waals surface area (Å²) in [6.45, 7) is 1.86. The Balaban J connectivity index is 1.23. The van der Waals surface area contributed by atoms with Gasteiger partial charge in [-0.2, -0.15) is 0 Å². The Morgan fingerprint density at radius 3 is 2.50 bits per heavy atom. The largest absolute Gasteiger partial charge is 0.326 e. The maximum absolute atomic E-state index is 13.6. The number of para-hydroxylation sites is 2. The third-order valence-electron chi connectivity index (χ3n) is 6.75. The molecule has 0 aliphatic carbocycles. The summed E-state index contributed by atoms with van der Waals surface area (Å²) >= 11 is 0. The Morgan fingerprint density at radius 1 is 0.941 bits per heavy atom. The number of Topliss-reactive ketones (excluding diaryl/α,β-unsaturated/α-hetero) is 1. The molecule has 7 heteroatoms. The van der Waals surface area contributed by atoms with Gasteiger partial charge in [0.2, 0.25) is 0 Å². The number of hydrogen-bond acceptors (Lipinski definition) is 4. The van der Waals surface area contributed by atoms with Crippen molar-refractivity contribution in [2.75, 3.05) is 19.6 Å². The normalized spacial score (nSPS) is 15.3. The Hall–Kier alpha value is -3.97. The van der Waals surface area contributed by atoms with Gasteiger partial charge in [-0.3, -0.25) is 18.7 Å². The fourth-order valence-corrected chi connectivity index (χ4v) is 5.11. The monoisotopic (exact) mass is 451 g/mol. The van der Waals surface area contributed by atoms with E-state index in [1.165, 1.54) is 0 Å². The number of ketones is 1. The van der Waals surface area contributed by atoms with Gasteiger partial charge >= 0.3 is 5.69 Å². The van der Waals surface area contributed by atoms with Gasteiger partial charge in [0.15, 0.2) is 5.78 Å². The van der Waals surface area contributed by atoms with Crippen molar-refractivity contribution in [3.63, 3.8) is 0 Å². The summed E-state index contributed by atoms with van der Waals surface area (Å²) in [5, 5.41) is 0. The molecule has 0 spiro atoms. The van der Waals surface area contributed by atoms with Gasteiger partial charge in [0.25, 0.3) is 0 Å². The van der Waals surface area contributed by atoms with Crippen LogP contribution in [0.3, 0.4) is 0 Å². The van der Waals surface area contributed by atoms with Crippen LogP contribution in [-0.2, 0) is 0 Å². The number of fused-ring (bicyclic) bond motifs is 2. The summed E-state index contributed by atoms with van der Waals surface area (Å²) in [4.78, 5) is 36.0. The zero-order valence-corrected chi connectivity index (χ0v) is 18.7. The van der Waals surface area contributed by atoms with Crippen LogP contribution in [0.4, 0.5) is 0 Å². The topological polar surface area (TPSA) is 75.4 Å². The van der Waals surface area contributed by atoms with Gasteiger partial charge in [-0.15, -0.1) is 0 Å². The summed E-state index contributed by atoms with van der Waals surface area (Å²) < 4.78 is 3.77. The van der Waals surface area contributed by atoms with Crippen molar-refractivity contribution in [2.45, 2.75) is 18.9 Å². The molecule has 7 nitrogen and oxygen atoms in total. The van der Waals surface area contributed by atoms with E-state index < -0.39 is 0 Å². The molecule has 1 fully saturated rings. The Kier molecular flexibility index (Phi) is 5.11. The molecule has 3 aromatic heterocycles. The Labute approximate surface area is 196 Å². The smallest absolute Gasteiger partial charge is 0.306 e. The van der Waals surface area contributed by atoms with Crippen LogP contribution in [0.15, 0.2) is 83.8 Å². The molecular formula is C27H25N5O2. The number of imidazole rings is 2. The second-order valence-corrected chi connectivity index (χ2v) is 8.85. The maximum Gasteiger partial charge on any atom is 0.326 e. The highest BCUT2D eigenvalue weighted by Crippen LogP contribution is 2.27. The van der Waals surface area contributed by atoms with Crippen LogP contribution >= 0.6 is 0 Å². The Morgan fingerprint density at radius 2 is 1.68 bits per heavy atom. The molecule has 34 heavy (non-hydrogen) atoms. The van der Waals surface area contributed by atoms with E-state index in [1.807, 2.05) is 88.0 Å². The number of likely N-dealkylation sites (tertiary alicyclic amines) is 1. The number of nitrogens with one attached hydrogen (secondary N) is 1. The van der Waals surface area contributed by atoms with Gasteiger partial charge in [0, 0.05) is 30.9 Å². The van der Waals surface area contributed by atoms with E-state index in [0.717, 1.165) is 53.9 Å². The van der Waals surface area contributed by atoms with Crippen LogP contribution in [0.1, 0.15) is 29.4 Å². The fourth-order valence-electron chi connectivity index (χ4n) is 5.11. The number of piperidine rings is 1. The van der Waals surface area contributed by atoms with Crippen molar-refractivity contribution in [3.8, 4) is 11.3 Å². The molecule has 1 N–H and O–H groups in total. The number of aromatic amines is 1. The van der Waals surface area contributed by atoms with E-state index in [9.17, 15) is 9.59 Å². The third kappa shape index (κ3) is 3.54. The first-order chi connectivity index (χ1) is 16.7. The predicted octanol–water partition coefficient (Wildman–Crippen LogP) is 4.16. The summed E-state index contributed by atoms with van der Waals surface area (Å²) in [7, 11) is 0. The number of aromatic nitrogens is 4. The lowest BCUT2D eigenvalue weighted by Crippen LogP contribution is -2.39. The van der Waals surface area contributed by atoms with Crippen molar-refractivity contribution < 1.29 is 4.79 Å². The zero-order chi connectivity index (χ0) is 23.1. The molecule has 1 aliphatic rings. The number of rotatable bonds is 5. The second kappa shape index (κ2) is 8.43. The first-order valence-corrected chi connectivity index (χ1v) is 11.7. The summed E-state index contributed by atoms with van der Waals surface area (Å²) in [5.74, 6) is 0.0558. The second-order valence-electron chi connectivity index (χ2n) is 8.85. The van der Waals surface area contributed by atoms with E-state index in [-0.39, 0.29) is 17.5 Å². The molecule has 2 aromatic carbocycles. The average molecular weight is 452 g/mol. The Bertz CT molecular complexity index is 1540. The van der Waals surface area contributed by atoms with Gasteiger partial charge in [0.1, 0.15) is 17.0 Å². The van der Waals surface area contributed by atoms with Crippen LogP contribution in [0.2, 0.25) is 0 Å². The molecule has 1 aliphatic heterocycles. The van der Waals surface area contributed by atoms with E-state index in [2.05, 4.69) is 9.88 Å². The summed E-state index contributed by atoms with van der Waals surface area (Å²) in [5.41, 5.74) is 4.79. The van der Waals surface area contributed by atoms with E-state index in [0.29, 0.717) is 12.2 Å². The number of carbonyl (C=O) groups is 1. The molecule has 0 unspecified atom stereocenters. The lowest BCUT2D eigenvalue weighted by molar-refractivity contribution is 0.0893. The lowest BCUT2D eigenvalue weighted by atomic mass is 10.0. The lowest BCUT2D eigenvalue weighted by Gasteiger charge is -2.32. The van der Waals surface area contributed by atoms with Crippen LogP contribution in [0.25, 0.3) is 27.9 Å². The number of carbonyl (C=O) groups excluding carboxylic acids is 1. The molecule has 170 valence electrons. The predicted molar refractivity (Wildman–Crippen MR) is 132 cm³/mol. The van der Waals surface area contributed by atoms with Crippen molar-refractivity contribution in [2.24, 2.45) is 0 Å². The minimum atomic E-state index is -0.0611. The number of benzene rings is 2. The molecule has 1 saturated heterocycles. The summed E-state index contributed by atoms with van der Waals surface area (Å²) in [6.07, 6.45) is 3.55. The molecule has 0 saturated carbocycles. The summed E-state index contributed by atoms with van der Waals surface area (Å²) in [6, 6.07) is 23.6. The van der Waals surface area contributed by atoms with Crippen LogP contribution < -0.4 is 5.69 Å². The van der Waals surface area contributed by atoms with Crippen molar-refractivity contribution in [1.29, 1.82) is 0 Å². The van der Waals surface area contributed by atoms with E-state index in [1.54, 1.807) is 0 Å². The first kappa shape index (κ1) is 20.6. The van der Waals surface area contributed by atoms with Gasteiger partial charge in [-0.05, 0) is 37.1 Å². The number of pyridine rings is 1. The van der Waals surface area contributed by atoms with Crippen LogP contribution in [-0.4, -0.2) is 49.3 Å². The zero-order valence-electron chi connectivity index (χ0n) is 18.7. The maximum atomic E-state index is 13.6. The standard InChI is InChI=1S/C27H25N5O2/c33-23(26-25(19-8-2-1-3-9-19)29-24-12-6-7-15-31(24)26)18-30-16-13-20(14-17-30)32-22-11-5-4-10-21(22)28-27(32)34/h1-12,15,20H,13-14,16-18H2,(H,28,34). The van der Waals surface area contributed by atoms with Crippen LogP contribution in [0.5, 0.6) is 0 Å². The van der Waals surface area contributed by atoms with Crippen molar-refractivity contribution >= 4 is 22.5 Å². The number of H-pyrrole nitrogens is 1. The third-order valence-corrected chi connectivity index (χ3v) is 6.75. The molecule has 4 heterocycles. The van der Waals surface area contributed by atoms with E-state index in [4.69, 9.17) is 4.98 Å². The van der Waals surface area contributed by atoms with Gasteiger partial charge in [-0.1, -0.05) is 48.5 Å². The number of nitrogens with zero attached hydrogens (tertiary/aromatic N) is 4. The van der Waals surface area contributed by atoms with Gasteiger partial charge < -0.3 is 4.98 Å². The van der Waals surface area contributed by atoms with E-state index >= 15 is 0 Å². The van der Waals surface area contributed by atoms with Gasteiger partial charge in [0.05, 0.1) is 17.6 Å². The SMILES string of the molecule is O=C(CN1CCC(n2c(=O)[nH]c3ccccc32)CC1)c1c(-c2ccccc2)nc2ccccn12. The van der Waals surface area contributed by atoms with Crippen LogP contribution in [0, 0.1) is 0 Å². The molecular weight excluding hydrogens is 426 g/mol. The highest BCUT2D eigenvalue weighted by atomic mass is 16.1. The minimum absolute atomic E-state index is 0.0558. The molecule has 0 atom stereocenters. The first-order valence-electron chi connectivity index (χ1n) is 11.7. The molecule has 0 bridgehead atoms. The highest BCUT2D eigenvalue weighted by molar-refractivity contribution is 6.02. The quantitative estimate of drug-likeness (QED) is 0.407. The van der Waals surface area contributed by atoms with Crippen molar-refractivity contribution in [3.05, 3.63) is 95.2 Å². The van der Waals surface area contributed by atoms with Crippen molar-refractivity contribution in [1.82, 2.24) is 23.8 Å². The fraction of sp³-hybridized carbons (Fsp3) is 0.222. The molecule has 0 amide bonds. The number of hydrogen-bond donors (Lipinski definition) is 1. The molecule has 6 rings (SSSR count). The van der Waals surface area contributed by atoms with Gasteiger partial charge in [-0.25, -0.2) is 9.78 Å².